The van der Waals surface area contributed by atoms with Crippen LogP contribution in [0.4, 0.5) is 0 Å². The number of amides is 1. The summed E-state index contributed by atoms with van der Waals surface area (Å²) in [6.45, 7) is 5.47. The van der Waals surface area contributed by atoms with Crippen molar-refractivity contribution in [2.75, 3.05) is 31.9 Å². The lowest BCUT2D eigenvalue weighted by Crippen LogP contribution is -2.40. The van der Waals surface area contributed by atoms with E-state index in [1.165, 1.54) is 6.92 Å². The predicted molar refractivity (Wildman–Crippen MR) is 64.3 cm³/mol. The summed E-state index contributed by atoms with van der Waals surface area (Å²) in [6.07, 6.45) is 0.922. The Hall–Kier alpha value is -0.550. The molecule has 0 bridgehead atoms. The first-order valence-corrected chi connectivity index (χ1v) is 5.82. The quantitative estimate of drug-likeness (QED) is 0.593. The van der Waals surface area contributed by atoms with Crippen molar-refractivity contribution in [1.29, 1.82) is 0 Å². The molecule has 0 aliphatic carbocycles. The first-order valence-electron chi connectivity index (χ1n) is 5.19. The van der Waals surface area contributed by atoms with Gasteiger partial charge in [-0.2, -0.15) is 12.6 Å². The Morgan fingerprint density at radius 2 is 2.00 bits per heavy atom. The zero-order valence-electron chi connectivity index (χ0n) is 9.45. The van der Waals surface area contributed by atoms with Gasteiger partial charge in [-0.15, -0.1) is 0 Å². The second kappa shape index (κ2) is 8.73. The van der Waals surface area contributed by atoms with Crippen LogP contribution in [0.5, 0.6) is 0 Å². The maximum absolute atomic E-state index is 11.4. The van der Waals surface area contributed by atoms with Crippen LogP contribution in [-0.4, -0.2) is 48.5 Å². The predicted octanol–water partition coefficient (Wildman–Crippen LogP) is 0.333. The number of ketones is 1. The number of thiol groups is 1. The lowest BCUT2D eigenvalue weighted by molar-refractivity contribution is -0.123. The van der Waals surface area contributed by atoms with Crippen LogP contribution in [0.15, 0.2) is 0 Å². The highest BCUT2D eigenvalue weighted by molar-refractivity contribution is 7.80. The molecule has 1 N–H and O–H groups in total. The molecule has 88 valence electrons. The van der Waals surface area contributed by atoms with Gasteiger partial charge in [-0.05, 0) is 13.3 Å². The number of nitrogens with zero attached hydrogens (tertiary/aromatic N) is 1. The van der Waals surface area contributed by atoms with E-state index < -0.39 is 0 Å². The van der Waals surface area contributed by atoms with E-state index in [1.54, 1.807) is 4.90 Å². The summed E-state index contributed by atoms with van der Waals surface area (Å²) in [7, 11) is 0. The molecule has 0 radical (unpaired) electrons. The monoisotopic (exact) mass is 232 g/mol. The average molecular weight is 232 g/mol. The van der Waals surface area contributed by atoms with E-state index in [4.69, 9.17) is 0 Å². The number of hydrogen-bond acceptors (Lipinski definition) is 4. The van der Waals surface area contributed by atoms with Crippen LogP contribution in [-0.2, 0) is 9.59 Å². The van der Waals surface area contributed by atoms with Gasteiger partial charge in [-0.1, -0.05) is 6.92 Å². The molecule has 0 saturated carbocycles. The SMILES string of the molecule is CCCNC(=O)CN(CCS)CC(C)=O. The molecular formula is C10H20N2O2S. The lowest BCUT2D eigenvalue weighted by Gasteiger charge is -2.19. The number of Topliss-reactive ketones (excluding diaryl/α,β-unsaturated/α-hetero) is 1. The lowest BCUT2D eigenvalue weighted by atomic mass is 10.3. The second-order valence-corrected chi connectivity index (χ2v) is 3.93. The summed E-state index contributed by atoms with van der Waals surface area (Å²) >= 11 is 4.09. The highest BCUT2D eigenvalue weighted by Gasteiger charge is 2.10. The maximum Gasteiger partial charge on any atom is 0.234 e. The minimum absolute atomic E-state index is 0.0279. The summed E-state index contributed by atoms with van der Waals surface area (Å²) in [4.78, 5) is 24.1. The van der Waals surface area contributed by atoms with Gasteiger partial charge >= 0.3 is 0 Å². The Kier molecular flexibility index (Phi) is 8.41. The van der Waals surface area contributed by atoms with Crippen LogP contribution in [0.3, 0.4) is 0 Å². The van der Waals surface area contributed by atoms with Crippen molar-refractivity contribution in [3.05, 3.63) is 0 Å². The molecule has 15 heavy (non-hydrogen) atoms. The minimum Gasteiger partial charge on any atom is -0.355 e. The molecule has 0 fully saturated rings. The highest BCUT2D eigenvalue weighted by Crippen LogP contribution is 1.90. The zero-order chi connectivity index (χ0) is 11.7. The molecule has 0 saturated heterocycles. The molecule has 0 aromatic carbocycles. The van der Waals surface area contributed by atoms with Gasteiger partial charge in [-0.25, -0.2) is 0 Å². The minimum atomic E-state index is -0.0279. The molecule has 5 heteroatoms. The van der Waals surface area contributed by atoms with Crippen LogP contribution in [0, 0.1) is 0 Å². The van der Waals surface area contributed by atoms with Gasteiger partial charge < -0.3 is 5.32 Å². The molecule has 0 aliphatic heterocycles. The molecule has 0 aromatic heterocycles. The van der Waals surface area contributed by atoms with Gasteiger partial charge in [0, 0.05) is 18.8 Å². The van der Waals surface area contributed by atoms with Crippen LogP contribution in [0.25, 0.3) is 0 Å². The molecule has 0 spiro atoms. The van der Waals surface area contributed by atoms with E-state index in [0.29, 0.717) is 25.4 Å². The van der Waals surface area contributed by atoms with Gasteiger partial charge in [0.25, 0.3) is 0 Å². The number of hydrogen-bond donors (Lipinski definition) is 2. The van der Waals surface area contributed by atoms with Crippen molar-refractivity contribution in [2.45, 2.75) is 20.3 Å². The summed E-state index contributed by atoms with van der Waals surface area (Å²) in [5.74, 6) is 0.689. The van der Waals surface area contributed by atoms with Crippen LogP contribution < -0.4 is 5.32 Å². The van der Waals surface area contributed by atoms with Gasteiger partial charge in [0.05, 0.1) is 13.1 Å². The number of rotatable bonds is 8. The molecule has 0 heterocycles. The Morgan fingerprint density at radius 1 is 1.33 bits per heavy atom. The van der Waals surface area contributed by atoms with Crippen molar-refractivity contribution in [3.8, 4) is 0 Å². The molecular weight excluding hydrogens is 212 g/mol. The van der Waals surface area contributed by atoms with E-state index in [0.717, 1.165) is 6.42 Å². The molecule has 0 atom stereocenters. The van der Waals surface area contributed by atoms with E-state index in [2.05, 4.69) is 17.9 Å². The van der Waals surface area contributed by atoms with Crippen molar-refractivity contribution < 1.29 is 9.59 Å². The van der Waals surface area contributed by atoms with Gasteiger partial charge in [0.2, 0.25) is 5.91 Å². The number of carbonyl (C=O) groups is 2. The normalized spacial score (nSPS) is 10.4. The molecule has 4 nitrogen and oxygen atoms in total. The molecule has 0 rings (SSSR count). The molecule has 0 aromatic rings. The van der Waals surface area contributed by atoms with E-state index in [9.17, 15) is 9.59 Å². The van der Waals surface area contributed by atoms with E-state index in [1.807, 2.05) is 6.92 Å². The third-order valence-electron chi connectivity index (χ3n) is 1.80. The van der Waals surface area contributed by atoms with E-state index >= 15 is 0 Å². The second-order valence-electron chi connectivity index (χ2n) is 3.49. The Bertz CT molecular complexity index is 210. The largest absolute Gasteiger partial charge is 0.355 e. The number of nitrogens with one attached hydrogen (secondary N) is 1. The Balaban J connectivity index is 3.92. The zero-order valence-corrected chi connectivity index (χ0v) is 10.3. The highest BCUT2D eigenvalue weighted by atomic mass is 32.1. The Labute approximate surface area is 96.8 Å². The first kappa shape index (κ1) is 14.5. The summed E-state index contributed by atoms with van der Waals surface area (Å²) in [5, 5.41) is 2.78. The summed E-state index contributed by atoms with van der Waals surface area (Å²) in [5.41, 5.74) is 0. The molecule has 0 unspecified atom stereocenters. The third kappa shape index (κ3) is 8.44. The van der Waals surface area contributed by atoms with Crippen molar-refractivity contribution >= 4 is 24.3 Å². The number of carbonyl (C=O) groups excluding carboxylic acids is 2. The van der Waals surface area contributed by atoms with E-state index in [-0.39, 0.29) is 18.2 Å². The van der Waals surface area contributed by atoms with Gasteiger partial charge in [0.1, 0.15) is 5.78 Å². The smallest absolute Gasteiger partial charge is 0.234 e. The maximum atomic E-state index is 11.4. The van der Waals surface area contributed by atoms with Crippen LogP contribution >= 0.6 is 12.6 Å². The molecule has 1 amide bonds. The van der Waals surface area contributed by atoms with Gasteiger partial charge in [-0.3, -0.25) is 14.5 Å². The summed E-state index contributed by atoms with van der Waals surface area (Å²) < 4.78 is 0. The van der Waals surface area contributed by atoms with Crippen molar-refractivity contribution in [2.24, 2.45) is 0 Å². The van der Waals surface area contributed by atoms with Crippen LogP contribution in [0.2, 0.25) is 0 Å². The van der Waals surface area contributed by atoms with Crippen LogP contribution in [0.1, 0.15) is 20.3 Å². The first-order chi connectivity index (χ1) is 7.10. The van der Waals surface area contributed by atoms with Crippen molar-refractivity contribution in [1.82, 2.24) is 10.2 Å². The fraction of sp³-hybridized carbons (Fsp3) is 0.800. The van der Waals surface area contributed by atoms with Crippen molar-refractivity contribution in [3.63, 3.8) is 0 Å². The van der Waals surface area contributed by atoms with Gasteiger partial charge in [0.15, 0.2) is 0 Å². The topological polar surface area (TPSA) is 49.4 Å². The molecule has 0 aliphatic rings. The fourth-order valence-electron chi connectivity index (χ4n) is 1.19. The third-order valence-corrected chi connectivity index (χ3v) is 2.00. The average Bonchev–Trinajstić information content (AvgIpc) is 2.14. The fourth-order valence-corrected chi connectivity index (χ4v) is 1.48. The summed E-state index contributed by atoms with van der Waals surface area (Å²) in [6, 6.07) is 0. The Morgan fingerprint density at radius 3 is 2.47 bits per heavy atom. The standard InChI is InChI=1S/C10H20N2O2S/c1-3-4-11-10(14)8-12(5-6-15)7-9(2)13/h15H,3-8H2,1-2H3,(H,11,14).